The summed E-state index contributed by atoms with van der Waals surface area (Å²) in [4.78, 5) is 13.8. The first-order valence-electron chi connectivity index (χ1n) is 6.26. The van der Waals surface area contributed by atoms with E-state index >= 15 is 0 Å². The fourth-order valence-corrected chi connectivity index (χ4v) is 1.91. The molecular weight excluding hydrogens is 226 g/mol. The molecule has 0 bridgehead atoms. The van der Waals surface area contributed by atoms with Gasteiger partial charge in [0.05, 0.1) is 0 Å². The van der Waals surface area contributed by atoms with Gasteiger partial charge in [0, 0.05) is 12.6 Å². The maximum atomic E-state index is 11.7. The second-order valence-electron chi connectivity index (χ2n) is 4.87. The van der Waals surface area contributed by atoms with Crippen LogP contribution in [-0.2, 0) is 10.3 Å². The van der Waals surface area contributed by atoms with E-state index in [1.807, 2.05) is 37.4 Å². The maximum absolute atomic E-state index is 11.7. The topological polar surface area (TPSA) is 72.3 Å². The van der Waals surface area contributed by atoms with Crippen LogP contribution in [0.25, 0.3) is 0 Å². The zero-order chi connectivity index (χ0) is 13.8. The van der Waals surface area contributed by atoms with Gasteiger partial charge in [0.25, 0.3) is 0 Å². The van der Waals surface area contributed by atoms with Crippen LogP contribution in [0.2, 0.25) is 0 Å². The van der Waals surface area contributed by atoms with E-state index in [-0.39, 0.29) is 0 Å². The van der Waals surface area contributed by atoms with Crippen LogP contribution >= 0.6 is 0 Å². The summed E-state index contributed by atoms with van der Waals surface area (Å²) in [7, 11) is 1.96. The molecule has 0 spiro atoms. The number of rotatable bonds is 6. The van der Waals surface area contributed by atoms with Crippen LogP contribution < -0.4 is 11.5 Å². The lowest BCUT2D eigenvalue weighted by atomic mass is 9.89. The molecule has 4 heteroatoms. The van der Waals surface area contributed by atoms with E-state index in [1.54, 1.807) is 0 Å². The van der Waals surface area contributed by atoms with Crippen molar-refractivity contribution in [3.05, 3.63) is 35.9 Å². The highest BCUT2D eigenvalue weighted by atomic mass is 16.1. The summed E-state index contributed by atoms with van der Waals surface area (Å²) < 4.78 is 0. The number of hydrogen-bond donors (Lipinski definition) is 2. The molecule has 0 aliphatic heterocycles. The SMILES string of the molecule is CCC(C)N(C)CC(N)(C(N)=O)c1ccccc1. The van der Waals surface area contributed by atoms with Crippen molar-refractivity contribution in [1.29, 1.82) is 0 Å². The predicted molar refractivity (Wildman–Crippen MR) is 73.9 cm³/mol. The Hall–Kier alpha value is -1.39. The predicted octanol–water partition coefficient (Wildman–Crippen LogP) is 1.06. The van der Waals surface area contributed by atoms with Gasteiger partial charge < -0.3 is 16.4 Å². The van der Waals surface area contributed by atoms with Crippen molar-refractivity contribution in [2.45, 2.75) is 31.8 Å². The lowest BCUT2D eigenvalue weighted by Gasteiger charge is -2.34. The number of nitrogens with zero attached hydrogens (tertiary/aromatic N) is 1. The molecular formula is C14H23N3O. The zero-order valence-electron chi connectivity index (χ0n) is 11.4. The van der Waals surface area contributed by atoms with Crippen LogP contribution in [0.5, 0.6) is 0 Å². The van der Waals surface area contributed by atoms with Gasteiger partial charge in [0.1, 0.15) is 5.54 Å². The highest BCUT2D eigenvalue weighted by Crippen LogP contribution is 2.20. The smallest absolute Gasteiger partial charge is 0.243 e. The zero-order valence-corrected chi connectivity index (χ0v) is 11.4. The Balaban J connectivity index is 2.99. The van der Waals surface area contributed by atoms with Crippen molar-refractivity contribution in [2.24, 2.45) is 11.5 Å². The molecule has 1 rings (SSSR count). The third kappa shape index (κ3) is 3.09. The Morgan fingerprint density at radius 2 is 1.94 bits per heavy atom. The number of benzene rings is 1. The van der Waals surface area contributed by atoms with Gasteiger partial charge in [-0.25, -0.2) is 0 Å². The Morgan fingerprint density at radius 3 is 2.39 bits per heavy atom. The molecule has 0 aliphatic rings. The number of likely N-dealkylation sites (N-methyl/N-ethyl adjacent to an activating group) is 1. The standard InChI is InChI=1S/C14H23N3O/c1-4-11(2)17(3)10-14(16,13(15)18)12-8-6-5-7-9-12/h5-9,11H,4,10,16H2,1-3H3,(H2,15,18). The first-order chi connectivity index (χ1) is 8.41. The number of primary amides is 1. The quantitative estimate of drug-likeness (QED) is 0.791. The number of amides is 1. The molecule has 0 aliphatic carbocycles. The molecule has 0 saturated heterocycles. The maximum Gasteiger partial charge on any atom is 0.243 e. The molecule has 1 aromatic rings. The molecule has 4 nitrogen and oxygen atoms in total. The van der Waals surface area contributed by atoms with E-state index in [0.717, 1.165) is 12.0 Å². The molecule has 0 heterocycles. The van der Waals surface area contributed by atoms with E-state index in [4.69, 9.17) is 11.5 Å². The molecule has 2 atom stereocenters. The van der Waals surface area contributed by atoms with E-state index in [9.17, 15) is 4.79 Å². The Kier molecular flexibility index (Phi) is 4.87. The summed E-state index contributed by atoms with van der Waals surface area (Å²) in [6.45, 7) is 4.62. The van der Waals surface area contributed by atoms with Crippen molar-refractivity contribution in [1.82, 2.24) is 4.90 Å². The molecule has 4 N–H and O–H groups in total. The van der Waals surface area contributed by atoms with Gasteiger partial charge >= 0.3 is 0 Å². The van der Waals surface area contributed by atoms with Crippen LogP contribution in [0.3, 0.4) is 0 Å². The molecule has 1 amide bonds. The first-order valence-corrected chi connectivity index (χ1v) is 6.26. The molecule has 1 aromatic carbocycles. The van der Waals surface area contributed by atoms with E-state index in [2.05, 4.69) is 18.7 Å². The van der Waals surface area contributed by atoms with Crippen molar-refractivity contribution in [2.75, 3.05) is 13.6 Å². The third-order valence-electron chi connectivity index (χ3n) is 3.57. The fourth-order valence-electron chi connectivity index (χ4n) is 1.91. The van der Waals surface area contributed by atoms with Crippen LogP contribution in [0, 0.1) is 0 Å². The minimum atomic E-state index is -1.14. The number of hydrogen-bond acceptors (Lipinski definition) is 3. The van der Waals surface area contributed by atoms with E-state index in [1.165, 1.54) is 0 Å². The highest BCUT2D eigenvalue weighted by molar-refractivity contribution is 5.86. The second kappa shape index (κ2) is 5.98. The lowest BCUT2D eigenvalue weighted by molar-refractivity contribution is -0.124. The van der Waals surface area contributed by atoms with Crippen LogP contribution in [0.1, 0.15) is 25.8 Å². The third-order valence-corrected chi connectivity index (χ3v) is 3.57. The summed E-state index contributed by atoms with van der Waals surface area (Å²) in [5.74, 6) is -0.496. The Morgan fingerprint density at radius 1 is 1.39 bits per heavy atom. The largest absolute Gasteiger partial charge is 0.368 e. The normalized spacial score (nSPS) is 16.3. The molecule has 100 valence electrons. The van der Waals surface area contributed by atoms with Gasteiger partial charge in [-0.2, -0.15) is 0 Å². The second-order valence-corrected chi connectivity index (χ2v) is 4.87. The molecule has 0 saturated carbocycles. The van der Waals surface area contributed by atoms with Gasteiger partial charge in [-0.15, -0.1) is 0 Å². The minimum Gasteiger partial charge on any atom is -0.368 e. The van der Waals surface area contributed by atoms with Crippen molar-refractivity contribution in [3.63, 3.8) is 0 Å². The molecule has 0 fully saturated rings. The van der Waals surface area contributed by atoms with Gasteiger partial charge in [-0.1, -0.05) is 37.3 Å². The summed E-state index contributed by atoms with van der Waals surface area (Å²) >= 11 is 0. The summed E-state index contributed by atoms with van der Waals surface area (Å²) in [6.07, 6.45) is 1.00. The molecule has 0 radical (unpaired) electrons. The van der Waals surface area contributed by atoms with Crippen LogP contribution in [0.15, 0.2) is 30.3 Å². The summed E-state index contributed by atoms with van der Waals surface area (Å²) in [5.41, 5.74) is 11.4. The Labute approximate surface area is 109 Å². The van der Waals surface area contributed by atoms with Gasteiger partial charge in [0.15, 0.2) is 0 Å². The molecule has 0 aromatic heterocycles. The van der Waals surface area contributed by atoms with E-state index in [0.29, 0.717) is 12.6 Å². The van der Waals surface area contributed by atoms with Gasteiger partial charge in [-0.3, -0.25) is 4.79 Å². The minimum absolute atomic E-state index is 0.357. The van der Waals surface area contributed by atoms with Crippen molar-refractivity contribution < 1.29 is 4.79 Å². The number of nitrogens with two attached hydrogens (primary N) is 2. The average Bonchev–Trinajstić information content (AvgIpc) is 2.38. The van der Waals surface area contributed by atoms with Gasteiger partial charge in [-0.05, 0) is 26.0 Å². The lowest BCUT2D eigenvalue weighted by Crippen LogP contribution is -2.56. The van der Waals surface area contributed by atoms with Crippen LogP contribution in [-0.4, -0.2) is 30.4 Å². The highest BCUT2D eigenvalue weighted by Gasteiger charge is 2.35. The van der Waals surface area contributed by atoms with E-state index < -0.39 is 11.4 Å². The van der Waals surface area contributed by atoms with Crippen molar-refractivity contribution >= 4 is 5.91 Å². The van der Waals surface area contributed by atoms with Crippen LogP contribution in [0.4, 0.5) is 0 Å². The monoisotopic (exact) mass is 249 g/mol. The fraction of sp³-hybridized carbons (Fsp3) is 0.500. The molecule has 18 heavy (non-hydrogen) atoms. The summed E-state index contributed by atoms with van der Waals surface area (Å²) in [5, 5.41) is 0. The van der Waals surface area contributed by atoms with Crippen molar-refractivity contribution in [3.8, 4) is 0 Å². The average molecular weight is 249 g/mol. The molecule has 2 unspecified atom stereocenters. The summed E-state index contributed by atoms with van der Waals surface area (Å²) in [6, 6.07) is 9.66. The number of carbonyl (C=O) groups is 1. The number of carbonyl (C=O) groups excluding carboxylic acids is 1. The van der Waals surface area contributed by atoms with Gasteiger partial charge in [0.2, 0.25) is 5.91 Å². The first kappa shape index (κ1) is 14.7. The Bertz CT molecular complexity index is 393.